The van der Waals surface area contributed by atoms with Crippen molar-refractivity contribution in [3.05, 3.63) is 136 Å². The highest BCUT2D eigenvalue weighted by molar-refractivity contribution is 6.09. The molecule has 2 N–H and O–H groups in total. The molecule has 3 aromatic carbocycles. The maximum atomic E-state index is 14.1. The van der Waals surface area contributed by atoms with Crippen LogP contribution < -0.4 is 5.73 Å². The molecule has 7 nitrogen and oxygen atoms in total. The summed E-state index contributed by atoms with van der Waals surface area (Å²) in [6.07, 6.45) is 0. The van der Waals surface area contributed by atoms with E-state index in [1.165, 1.54) is 70.5 Å². The van der Waals surface area contributed by atoms with Crippen LogP contribution in [-0.2, 0) is 23.4 Å². The zero-order valence-corrected chi connectivity index (χ0v) is 22.3. The minimum atomic E-state index is -1.65. The lowest BCUT2D eigenvalue weighted by Gasteiger charge is -2.27. The molecular formula is C31H26F3N5O2. The van der Waals surface area contributed by atoms with Crippen LogP contribution in [0, 0.1) is 24.4 Å². The molecule has 2 amide bonds. The molecule has 1 aliphatic rings. The molecule has 10 heteroatoms. The molecule has 2 heterocycles. The quantitative estimate of drug-likeness (QED) is 0.357. The van der Waals surface area contributed by atoms with Crippen molar-refractivity contribution in [1.82, 2.24) is 14.8 Å². The van der Waals surface area contributed by atoms with E-state index in [2.05, 4.69) is 9.98 Å². The number of benzene rings is 3. The molecule has 0 atom stereocenters. The number of carbonyl (C=O) groups excluding carboxylic acids is 2. The third kappa shape index (κ3) is 5.41. The molecule has 0 aliphatic carbocycles. The average Bonchev–Trinajstić information content (AvgIpc) is 3.20. The van der Waals surface area contributed by atoms with Gasteiger partial charge >= 0.3 is 0 Å². The highest BCUT2D eigenvalue weighted by Crippen LogP contribution is 2.40. The van der Waals surface area contributed by atoms with Crippen molar-refractivity contribution in [2.45, 2.75) is 25.6 Å². The van der Waals surface area contributed by atoms with Crippen LogP contribution in [-0.4, -0.2) is 39.6 Å². The third-order valence-electron chi connectivity index (χ3n) is 6.89. The first-order chi connectivity index (χ1) is 19.6. The molecule has 0 fully saturated rings. The van der Waals surface area contributed by atoms with Crippen molar-refractivity contribution in [2.24, 2.45) is 10.7 Å². The number of aliphatic imine (C=N–C) groups is 1. The molecule has 41 heavy (non-hydrogen) atoms. The second kappa shape index (κ2) is 10.9. The first-order valence-corrected chi connectivity index (χ1v) is 12.7. The van der Waals surface area contributed by atoms with Gasteiger partial charge in [-0.1, -0.05) is 36.4 Å². The highest BCUT2D eigenvalue weighted by Gasteiger charge is 2.50. The number of nitrogens with two attached hydrogens (primary N) is 1. The molecule has 0 bridgehead atoms. The number of guanidine groups is 1. The van der Waals surface area contributed by atoms with Gasteiger partial charge in [-0.3, -0.25) is 14.5 Å². The molecule has 5 rings (SSSR count). The zero-order valence-electron chi connectivity index (χ0n) is 22.3. The maximum Gasteiger partial charge on any atom is 0.272 e. The fraction of sp³-hybridized carbons (Fsp3) is 0.161. The van der Waals surface area contributed by atoms with Crippen LogP contribution in [0.4, 0.5) is 13.2 Å². The number of rotatable bonds is 7. The van der Waals surface area contributed by atoms with Gasteiger partial charge in [0.1, 0.15) is 23.1 Å². The van der Waals surface area contributed by atoms with Crippen molar-refractivity contribution in [1.29, 1.82) is 0 Å². The molecule has 0 radical (unpaired) electrons. The Morgan fingerprint density at radius 1 is 0.854 bits per heavy atom. The lowest BCUT2D eigenvalue weighted by molar-refractivity contribution is -0.130. The van der Waals surface area contributed by atoms with Crippen LogP contribution in [0.2, 0.25) is 0 Å². The predicted octanol–water partition coefficient (Wildman–Crippen LogP) is 4.68. The van der Waals surface area contributed by atoms with Gasteiger partial charge in [-0.2, -0.15) is 0 Å². The van der Waals surface area contributed by atoms with Crippen LogP contribution in [0.25, 0.3) is 0 Å². The summed E-state index contributed by atoms with van der Waals surface area (Å²) in [7, 11) is 1.61. The third-order valence-corrected chi connectivity index (χ3v) is 6.89. The van der Waals surface area contributed by atoms with E-state index in [4.69, 9.17) is 5.73 Å². The van der Waals surface area contributed by atoms with Crippen molar-refractivity contribution in [3.8, 4) is 0 Å². The Labute approximate surface area is 234 Å². The van der Waals surface area contributed by atoms with Crippen LogP contribution in [0.1, 0.15) is 38.4 Å². The van der Waals surface area contributed by atoms with E-state index in [0.29, 0.717) is 22.4 Å². The minimum Gasteiger partial charge on any atom is -0.369 e. The van der Waals surface area contributed by atoms with Gasteiger partial charge in [0.2, 0.25) is 0 Å². The van der Waals surface area contributed by atoms with E-state index in [1.54, 1.807) is 38.2 Å². The second-order valence-corrected chi connectivity index (χ2v) is 9.88. The highest BCUT2D eigenvalue weighted by atomic mass is 19.1. The number of halogens is 3. The van der Waals surface area contributed by atoms with Gasteiger partial charge in [0.05, 0.1) is 6.54 Å². The Morgan fingerprint density at radius 2 is 1.37 bits per heavy atom. The lowest BCUT2D eigenvalue weighted by Crippen LogP contribution is -2.43. The molecule has 208 valence electrons. The van der Waals surface area contributed by atoms with E-state index in [-0.39, 0.29) is 36.5 Å². The molecule has 1 aromatic heterocycles. The summed E-state index contributed by atoms with van der Waals surface area (Å²) < 4.78 is 40.8. The molecule has 0 saturated heterocycles. The minimum absolute atomic E-state index is 0.0242. The maximum absolute atomic E-state index is 14.1. The van der Waals surface area contributed by atoms with Gasteiger partial charge < -0.3 is 10.6 Å². The number of hydrogen-bond acceptors (Lipinski definition) is 5. The van der Waals surface area contributed by atoms with E-state index in [9.17, 15) is 22.8 Å². The fourth-order valence-electron chi connectivity index (χ4n) is 4.91. The lowest BCUT2D eigenvalue weighted by atomic mass is 9.82. The van der Waals surface area contributed by atoms with Crippen molar-refractivity contribution in [3.63, 3.8) is 0 Å². The van der Waals surface area contributed by atoms with Gasteiger partial charge in [-0.15, -0.1) is 0 Å². The second-order valence-electron chi connectivity index (χ2n) is 9.88. The van der Waals surface area contributed by atoms with E-state index >= 15 is 0 Å². The molecule has 0 spiro atoms. The van der Waals surface area contributed by atoms with Crippen molar-refractivity contribution >= 4 is 17.8 Å². The monoisotopic (exact) mass is 557 g/mol. The number of hydrogen-bond donors (Lipinski definition) is 1. The summed E-state index contributed by atoms with van der Waals surface area (Å²) in [5.41, 5.74) is 7.42. The van der Waals surface area contributed by atoms with Crippen LogP contribution in [0.15, 0.2) is 89.9 Å². The largest absolute Gasteiger partial charge is 0.369 e. The predicted molar refractivity (Wildman–Crippen MR) is 147 cm³/mol. The normalized spacial score (nSPS) is 14.2. The molecule has 0 saturated carbocycles. The number of aryl methyl sites for hydroxylation is 1. The van der Waals surface area contributed by atoms with Crippen LogP contribution in [0.3, 0.4) is 0 Å². The van der Waals surface area contributed by atoms with Crippen LogP contribution >= 0.6 is 0 Å². The number of carbonyl (C=O) groups is 2. The Bertz CT molecular complexity index is 1590. The Kier molecular flexibility index (Phi) is 7.32. The smallest absolute Gasteiger partial charge is 0.272 e. The van der Waals surface area contributed by atoms with E-state index < -0.39 is 23.1 Å². The summed E-state index contributed by atoms with van der Waals surface area (Å²) in [5, 5.41) is 0. The Morgan fingerprint density at radius 3 is 1.90 bits per heavy atom. The summed E-state index contributed by atoms with van der Waals surface area (Å²) in [4.78, 5) is 39.0. The SMILES string of the molecule is Cc1cc(CN2C(=O)C(c3ccc(F)cc3)(c3ccc(F)cc3)N=C2N)cc(C(=O)N(C)Cc2ccc(F)cc2)n1. The first-order valence-electron chi connectivity index (χ1n) is 12.7. The summed E-state index contributed by atoms with van der Waals surface area (Å²) in [5.74, 6) is -2.30. The zero-order chi connectivity index (χ0) is 29.3. The molecule has 4 aromatic rings. The average molecular weight is 558 g/mol. The molecular weight excluding hydrogens is 531 g/mol. The standard InChI is InChI=1S/C31H26F3N5O2/c1-19-15-21(16-27(36-19)28(40)38(2)17-20-3-9-24(32)10-4-20)18-39-29(41)31(37-30(39)35,22-5-11-25(33)12-6-22)23-7-13-26(34)14-8-23/h3-16H,17-18H2,1-2H3,(H2,35,37). The Balaban J connectivity index is 1.44. The van der Waals surface area contributed by atoms with Gasteiger partial charge in [0.25, 0.3) is 11.8 Å². The van der Waals surface area contributed by atoms with E-state index in [1.807, 2.05) is 0 Å². The summed E-state index contributed by atoms with van der Waals surface area (Å²) in [6.45, 7) is 1.95. The van der Waals surface area contributed by atoms with Gasteiger partial charge in [-0.25, -0.2) is 23.1 Å². The fourth-order valence-corrected chi connectivity index (χ4v) is 4.91. The van der Waals surface area contributed by atoms with E-state index in [0.717, 1.165) is 5.56 Å². The van der Waals surface area contributed by atoms with Crippen LogP contribution in [0.5, 0.6) is 0 Å². The van der Waals surface area contributed by atoms with Crippen molar-refractivity contribution < 1.29 is 22.8 Å². The van der Waals surface area contributed by atoms with Crippen molar-refractivity contribution in [2.75, 3.05) is 7.05 Å². The number of amides is 2. The number of aromatic nitrogens is 1. The van der Waals surface area contributed by atoms with Gasteiger partial charge in [0, 0.05) is 19.3 Å². The number of pyridine rings is 1. The topological polar surface area (TPSA) is 91.9 Å². The molecule has 1 aliphatic heterocycles. The first kappa shape index (κ1) is 27.6. The van der Waals surface area contributed by atoms with Gasteiger partial charge in [0.15, 0.2) is 11.5 Å². The summed E-state index contributed by atoms with van der Waals surface area (Å²) in [6, 6.07) is 19.8. The van der Waals surface area contributed by atoms with Gasteiger partial charge in [-0.05, 0) is 77.7 Å². The summed E-state index contributed by atoms with van der Waals surface area (Å²) >= 11 is 0. The molecule has 0 unspecified atom stereocenters. The number of nitrogens with zero attached hydrogens (tertiary/aromatic N) is 4. The Hall–Kier alpha value is -4.99.